The van der Waals surface area contributed by atoms with Crippen LogP contribution in [0.15, 0.2) is 66.7 Å². The average molecular weight is 422 g/mol. The molecule has 0 aliphatic heterocycles. The van der Waals surface area contributed by atoms with Gasteiger partial charge in [0.2, 0.25) is 0 Å². The molecule has 0 atom stereocenters. The van der Waals surface area contributed by atoms with Crippen molar-refractivity contribution in [3.63, 3.8) is 0 Å². The average Bonchev–Trinajstić information content (AvgIpc) is 2.75. The van der Waals surface area contributed by atoms with Crippen LogP contribution in [0.3, 0.4) is 0 Å². The van der Waals surface area contributed by atoms with Gasteiger partial charge in [-0.2, -0.15) is 8.78 Å². The number of halogens is 3. The highest BCUT2D eigenvalue weighted by Gasteiger charge is 2.37. The lowest BCUT2D eigenvalue weighted by molar-refractivity contribution is -0.187. The lowest BCUT2D eigenvalue weighted by Crippen LogP contribution is -2.23. The van der Waals surface area contributed by atoms with Crippen molar-refractivity contribution in [3.8, 4) is 17.6 Å². The molecule has 0 bridgehead atoms. The third-order valence-corrected chi connectivity index (χ3v) is 4.83. The van der Waals surface area contributed by atoms with Gasteiger partial charge in [-0.1, -0.05) is 62.8 Å². The van der Waals surface area contributed by atoms with Gasteiger partial charge >= 0.3 is 6.11 Å². The number of hydrogen-bond donors (Lipinski definition) is 0. The minimum Gasteiger partial charge on any atom is -0.429 e. The van der Waals surface area contributed by atoms with Crippen molar-refractivity contribution in [2.24, 2.45) is 0 Å². The second-order valence-electron chi connectivity index (χ2n) is 7.40. The summed E-state index contributed by atoms with van der Waals surface area (Å²) < 4.78 is 48.3. The molecule has 0 radical (unpaired) electrons. The maximum absolute atomic E-state index is 14.5. The highest BCUT2D eigenvalue weighted by molar-refractivity contribution is 5.45. The van der Waals surface area contributed by atoms with Crippen LogP contribution < -0.4 is 4.74 Å². The Balaban J connectivity index is 1.73. The molecule has 0 saturated heterocycles. The third kappa shape index (κ3) is 6.15. The standard InChI is InChI=1S/C27H25F3O/c1-3-5-20-7-9-22(10-8-20)11-12-23-15-18-25(26(28)19-23)27(29,30)31-24-16-13-21(6-4-2)14-17-24/h7-10,13-19H,3-6H2,1-2H3. The molecule has 3 rings (SSSR count). The molecule has 0 heterocycles. The molecule has 0 saturated carbocycles. The topological polar surface area (TPSA) is 9.23 Å². The fraction of sp³-hybridized carbons (Fsp3) is 0.259. The molecule has 31 heavy (non-hydrogen) atoms. The Labute approximate surface area is 181 Å². The maximum Gasteiger partial charge on any atom is 0.429 e. The smallest absolute Gasteiger partial charge is 0.429 e. The zero-order valence-electron chi connectivity index (χ0n) is 17.7. The van der Waals surface area contributed by atoms with Crippen LogP contribution in [0.5, 0.6) is 5.75 Å². The fourth-order valence-electron chi connectivity index (χ4n) is 3.23. The highest BCUT2D eigenvalue weighted by atomic mass is 19.3. The SMILES string of the molecule is CCCc1ccc(C#Cc2ccc(C(F)(F)Oc3ccc(CCC)cc3)c(F)c2)cc1. The summed E-state index contributed by atoms with van der Waals surface area (Å²) in [6, 6.07) is 17.6. The molecule has 0 aliphatic carbocycles. The summed E-state index contributed by atoms with van der Waals surface area (Å²) in [4.78, 5) is 0. The third-order valence-electron chi connectivity index (χ3n) is 4.83. The van der Waals surface area contributed by atoms with E-state index in [1.165, 1.54) is 23.8 Å². The Morgan fingerprint density at radius 3 is 1.81 bits per heavy atom. The summed E-state index contributed by atoms with van der Waals surface area (Å²) in [6.45, 7) is 4.16. The van der Waals surface area contributed by atoms with Gasteiger partial charge in [-0.15, -0.1) is 0 Å². The van der Waals surface area contributed by atoms with Gasteiger partial charge in [0.05, 0.1) is 0 Å². The molecule has 3 aromatic carbocycles. The molecule has 0 aliphatic rings. The van der Waals surface area contributed by atoms with Gasteiger partial charge in [0.15, 0.2) is 0 Å². The van der Waals surface area contributed by atoms with Gasteiger partial charge in [0.25, 0.3) is 0 Å². The van der Waals surface area contributed by atoms with Crippen LogP contribution >= 0.6 is 0 Å². The molecular weight excluding hydrogens is 397 g/mol. The van der Waals surface area contributed by atoms with Crippen LogP contribution in [0.4, 0.5) is 13.2 Å². The van der Waals surface area contributed by atoms with Crippen molar-refractivity contribution in [3.05, 3.63) is 100 Å². The second kappa shape index (κ2) is 10.2. The predicted molar refractivity (Wildman–Crippen MR) is 118 cm³/mol. The van der Waals surface area contributed by atoms with E-state index in [4.69, 9.17) is 4.74 Å². The van der Waals surface area contributed by atoms with Gasteiger partial charge in [-0.05, 0) is 66.4 Å². The first-order valence-electron chi connectivity index (χ1n) is 10.5. The van der Waals surface area contributed by atoms with E-state index in [9.17, 15) is 13.2 Å². The van der Waals surface area contributed by atoms with E-state index >= 15 is 0 Å². The first kappa shape index (κ1) is 22.5. The molecule has 0 aromatic heterocycles. The van der Waals surface area contributed by atoms with E-state index in [0.29, 0.717) is 5.56 Å². The summed E-state index contributed by atoms with van der Waals surface area (Å²) in [5, 5.41) is 0. The van der Waals surface area contributed by atoms with E-state index < -0.39 is 17.5 Å². The quantitative estimate of drug-likeness (QED) is 0.364. The van der Waals surface area contributed by atoms with Crippen LogP contribution in [-0.2, 0) is 19.0 Å². The lowest BCUT2D eigenvalue weighted by Gasteiger charge is -2.19. The Kier molecular flexibility index (Phi) is 7.41. The molecule has 0 spiro atoms. The Bertz CT molecular complexity index is 1060. The van der Waals surface area contributed by atoms with Crippen molar-refractivity contribution in [1.29, 1.82) is 0 Å². The maximum atomic E-state index is 14.5. The van der Waals surface area contributed by atoms with Crippen molar-refractivity contribution in [1.82, 2.24) is 0 Å². The Morgan fingerprint density at radius 1 is 0.742 bits per heavy atom. The Morgan fingerprint density at radius 2 is 1.26 bits per heavy atom. The monoisotopic (exact) mass is 422 g/mol. The molecule has 160 valence electrons. The number of rotatable bonds is 7. The minimum absolute atomic E-state index is 0.0142. The number of ether oxygens (including phenoxy) is 1. The van der Waals surface area contributed by atoms with Gasteiger partial charge in [-0.3, -0.25) is 0 Å². The number of alkyl halides is 2. The number of benzene rings is 3. The summed E-state index contributed by atoms with van der Waals surface area (Å²) in [5.74, 6) is 4.69. The normalized spacial score (nSPS) is 11.0. The fourth-order valence-corrected chi connectivity index (χ4v) is 3.23. The van der Waals surface area contributed by atoms with Crippen LogP contribution in [-0.4, -0.2) is 0 Å². The molecule has 3 aromatic rings. The Hall–Kier alpha value is -3.19. The van der Waals surface area contributed by atoms with Gasteiger partial charge in [-0.25, -0.2) is 4.39 Å². The van der Waals surface area contributed by atoms with E-state index in [-0.39, 0.29) is 5.75 Å². The second-order valence-corrected chi connectivity index (χ2v) is 7.40. The van der Waals surface area contributed by atoms with Crippen molar-refractivity contribution in [2.75, 3.05) is 0 Å². The van der Waals surface area contributed by atoms with Crippen LogP contribution in [0.25, 0.3) is 0 Å². The largest absolute Gasteiger partial charge is 0.429 e. The molecule has 0 N–H and O–H groups in total. The molecular formula is C27H25F3O. The van der Waals surface area contributed by atoms with Crippen molar-refractivity contribution in [2.45, 2.75) is 45.6 Å². The highest BCUT2D eigenvalue weighted by Crippen LogP contribution is 2.33. The number of aryl methyl sites for hydroxylation is 2. The van der Waals surface area contributed by atoms with Gasteiger partial charge in [0.1, 0.15) is 17.1 Å². The first-order valence-corrected chi connectivity index (χ1v) is 10.5. The molecule has 0 amide bonds. The van der Waals surface area contributed by atoms with Gasteiger partial charge < -0.3 is 4.74 Å². The van der Waals surface area contributed by atoms with E-state index in [2.05, 4.69) is 18.8 Å². The summed E-state index contributed by atoms with van der Waals surface area (Å²) >= 11 is 0. The number of hydrogen-bond acceptors (Lipinski definition) is 1. The molecule has 4 heteroatoms. The van der Waals surface area contributed by atoms with E-state index in [0.717, 1.165) is 48.9 Å². The summed E-state index contributed by atoms with van der Waals surface area (Å²) in [7, 11) is 0. The molecule has 0 unspecified atom stereocenters. The van der Waals surface area contributed by atoms with Crippen LogP contribution in [0.1, 0.15) is 54.5 Å². The van der Waals surface area contributed by atoms with Crippen molar-refractivity contribution >= 4 is 0 Å². The molecule has 1 nitrogen and oxygen atoms in total. The van der Waals surface area contributed by atoms with E-state index in [1.807, 2.05) is 31.2 Å². The van der Waals surface area contributed by atoms with Crippen LogP contribution in [0.2, 0.25) is 0 Å². The minimum atomic E-state index is -3.79. The van der Waals surface area contributed by atoms with Gasteiger partial charge in [0, 0.05) is 11.1 Å². The summed E-state index contributed by atoms with van der Waals surface area (Å²) in [5.41, 5.74) is 2.54. The zero-order chi connectivity index (χ0) is 22.3. The van der Waals surface area contributed by atoms with Crippen LogP contribution in [0, 0.1) is 17.7 Å². The summed E-state index contributed by atoms with van der Waals surface area (Å²) in [6.07, 6.45) is 0.0871. The van der Waals surface area contributed by atoms with E-state index in [1.54, 1.807) is 12.1 Å². The lowest BCUT2D eigenvalue weighted by atomic mass is 10.1. The first-order chi connectivity index (χ1) is 14.9. The van der Waals surface area contributed by atoms with Crippen molar-refractivity contribution < 1.29 is 17.9 Å². The zero-order valence-corrected chi connectivity index (χ0v) is 17.7. The molecule has 0 fully saturated rings. The predicted octanol–water partition coefficient (Wildman–Crippen LogP) is 7.26.